The first-order valence-electron chi connectivity index (χ1n) is 5.27. The van der Waals surface area contributed by atoms with E-state index in [1.807, 2.05) is 6.07 Å². The molecule has 0 saturated carbocycles. The molecule has 2 aromatic rings. The van der Waals surface area contributed by atoms with Crippen LogP contribution in [0.15, 0.2) is 12.3 Å². The normalized spacial score (nSPS) is 11.0. The van der Waals surface area contributed by atoms with E-state index in [-0.39, 0.29) is 0 Å². The summed E-state index contributed by atoms with van der Waals surface area (Å²) < 4.78 is 1.54. The van der Waals surface area contributed by atoms with Crippen LogP contribution in [0.5, 0.6) is 0 Å². The molecule has 2 heterocycles. The van der Waals surface area contributed by atoms with Gasteiger partial charge in [-0.25, -0.2) is 4.98 Å². The van der Waals surface area contributed by atoms with Crippen LogP contribution < -0.4 is 5.73 Å². The number of rotatable bonds is 4. The quantitative estimate of drug-likeness (QED) is 0.767. The topological polar surface area (TPSA) is 69.1 Å². The molecule has 15 heavy (non-hydrogen) atoms. The Balaban J connectivity index is 2.21. The second kappa shape index (κ2) is 4.25. The number of nitrogens with two attached hydrogens (primary N) is 1. The lowest BCUT2D eigenvalue weighted by Crippen LogP contribution is -2.07. The molecule has 0 unspecified atom stereocenters. The van der Waals surface area contributed by atoms with Crippen molar-refractivity contribution < 1.29 is 0 Å². The average Bonchev–Trinajstić information content (AvgIpc) is 2.66. The van der Waals surface area contributed by atoms with E-state index >= 15 is 0 Å². The predicted octanol–water partition coefficient (Wildman–Crippen LogP) is 1.44. The fourth-order valence-corrected chi connectivity index (χ4v) is 1.54. The van der Waals surface area contributed by atoms with E-state index in [0.717, 1.165) is 24.3 Å². The molecule has 0 bridgehead atoms. The minimum atomic E-state index is 0.413. The minimum Gasteiger partial charge on any atom is -0.368 e. The van der Waals surface area contributed by atoms with Crippen molar-refractivity contribution in [2.45, 2.75) is 32.6 Å². The molecule has 2 rings (SSSR count). The van der Waals surface area contributed by atoms with Gasteiger partial charge in [-0.05, 0) is 6.42 Å². The number of fused-ring (bicyclic) bond motifs is 1. The smallest absolute Gasteiger partial charge is 0.224 e. The summed E-state index contributed by atoms with van der Waals surface area (Å²) in [7, 11) is 0. The molecule has 2 N–H and O–H groups in total. The predicted molar refractivity (Wildman–Crippen MR) is 58.4 cm³/mol. The fourth-order valence-electron chi connectivity index (χ4n) is 1.54. The molecule has 0 aliphatic carbocycles. The largest absolute Gasteiger partial charge is 0.368 e. The molecule has 2 aromatic heterocycles. The molecule has 5 heteroatoms. The summed E-state index contributed by atoms with van der Waals surface area (Å²) >= 11 is 0. The van der Waals surface area contributed by atoms with Gasteiger partial charge in [-0.3, -0.25) is 0 Å². The summed E-state index contributed by atoms with van der Waals surface area (Å²) in [5.74, 6) is 1.23. The molecule has 0 aliphatic rings. The van der Waals surface area contributed by atoms with E-state index < -0.39 is 0 Å². The van der Waals surface area contributed by atoms with Crippen LogP contribution in [0.25, 0.3) is 5.65 Å². The second-order valence-corrected chi connectivity index (χ2v) is 3.56. The molecule has 0 radical (unpaired) electrons. The van der Waals surface area contributed by atoms with Gasteiger partial charge in [0.05, 0.1) is 6.20 Å². The highest BCUT2D eigenvalue weighted by Crippen LogP contribution is 2.07. The van der Waals surface area contributed by atoms with Crippen LogP contribution in [0.3, 0.4) is 0 Å². The second-order valence-electron chi connectivity index (χ2n) is 3.56. The van der Waals surface area contributed by atoms with E-state index in [1.165, 1.54) is 12.8 Å². The molecule has 0 atom stereocenters. The van der Waals surface area contributed by atoms with E-state index in [4.69, 9.17) is 5.73 Å². The molecule has 0 spiro atoms. The van der Waals surface area contributed by atoms with E-state index in [9.17, 15) is 0 Å². The van der Waals surface area contributed by atoms with E-state index in [1.54, 1.807) is 10.7 Å². The van der Waals surface area contributed by atoms with E-state index in [2.05, 4.69) is 22.0 Å². The first kappa shape index (κ1) is 9.89. The maximum absolute atomic E-state index is 5.76. The monoisotopic (exact) mass is 205 g/mol. The Morgan fingerprint density at radius 2 is 2.20 bits per heavy atom. The highest BCUT2D eigenvalue weighted by Gasteiger charge is 2.04. The number of hydrogen-bond acceptors (Lipinski definition) is 4. The van der Waals surface area contributed by atoms with Crippen LogP contribution in [-0.2, 0) is 6.42 Å². The summed E-state index contributed by atoms with van der Waals surface area (Å²) in [6.45, 7) is 2.18. The van der Waals surface area contributed by atoms with Crippen molar-refractivity contribution in [3.05, 3.63) is 18.1 Å². The molecule has 80 valence electrons. The number of anilines is 1. The maximum Gasteiger partial charge on any atom is 0.224 e. The Hall–Kier alpha value is -1.65. The van der Waals surface area contributed by atoms with Crippen LogP contribution in [0.4, 0.5) is 5.95 Å². The first-order chi connectivity index (χ1) is 7.31. The summed E-state index contributed by atoms with van der Waals surface area (Å²) in [5, 5.41) is 4.02. The zero-order valence-corrected chi connectivity index (χ0v) is 8.85. The highest BCUT2D eigenvalue weighted by molar-refractivity contribution is 5.41. The number of unbranched alkanes of at least 4 members (excludes halogenated alkanes) is 2. The Bertz CT molecular complexity index is 448. The van der Waals surface area contributed by atoms with Crippen LogP contribution in [0.1, 0.15) is 32.0 Å². The van der Waals surface area contributed by atoms with Crippen molar-refractivity contribution in [3.8, 4) is 0 Å². The summed E-state index contributed by atoms with van der Waals surface area (Å²) in [5.41, 5.74) is 6.53. The summed E-state index contributed by atoms with van der Waals surface area (Å²) in [6.07, 6.45) is 6.08. The van der Waals surface area contributed by atoms with Crippen molar-refractivity contribution in [1.29, 1.82) is 0 Å². The third-order valence-electron chi connectivity index (χ3n) is 2.33. The van der Waals surface area contributed by atoms with Crippen LogP contribution >= 0.6 is 0 Å². The average molecular weight is 205 g/mol. The standard InChI is InChI=1S/C10H15N5/c1-2-3-4-5-8-13-9-6-7-12-15(9)10(11)14-8/h6-7H,2-5H2,1H3,(H2,11,13,14). The van der Waals surface area contributed by atoms with Crippen molar-refractivity contribution in [2.75, 3.05) is 5.73 Å². The van der Waals surface area contributed by atoms with Crippen molar-refractivity contribution in [2.24, 2.45) is 0 Å². The van der Waals surface area contributed by atoms with Gasteiger partial charge < -0.3 is 5.73 Å². The van der Waals surface area contributed by atoms with E-state index in [0.29, 0.717) is 5.95 Å². The molecule has 0 aliphatic heterocycles. The van der Waals surface area contributed by atoms with Gasteiger partial charge in [-0.15, -0.1) is 0 Å². The number of aryl methyl sites for hydroxylation is 1. The number of nitrogen functional groups attached to an aromatic ring is 1. The lowest BCUT2D eigenvalue weighted by atomic mass is 10.2. The Labute approximate surface area is 88.3 Å². The maximum atomic E-state index is 5.76. The van der Waals surface area contributed by atoms with Gasteiger partial charge in [0.25, 0.3) is 0 Å². The molecular formula is C10H15N5. The van der Waals surface area contributed by atoms with Crippen molar-refractivity contribution in [1.82, 2.24) is 19.6 Å². The Kier molecular flexibility index (Phi) is 2.80. The molecule has 0 saturated heterocycles. The molecule has 0 fully saturated rings. The van der Waals surface area contributed by atoms with Crippen molar-refractivity contribution >= 4 is 11.6 Å². The molecule has 5 nitrogen and oxygen atoms in total. The molecule has 0 aromatic carbocycles. The first-order valence-corrected chi connectivity index (χ1v) is 5.27. The van der Waals surface area contributed by atoms with Gasteiger partial charge in [0, 0.05) is 12.5 Å². The highest BCUT2D eigenvalue weighted by atomic mass is 15.3. The third-order valence-corrected chi connectivity index (χ3v) is 2.33. The zero-order chi connectivity index (χ0) is 10.7. The van der Waals surface area contributed by atoms with Gasteiger partial charge in [0.1, 0.15) is 5.82 Å². The third kappa shape index (κ3) is 2.06. The number of aromatic nitrogens is 4. The number of nitrogens with zero attached hydrogens (tertiary/aromatic N) is 4. The lowest BCUT2D eigenvalue weighted by Gasteiger charge is -2.02. The van der Waals surface area contributed by atoms with Gasteiger partial charge in [-0.1, -0.05) is 19.8 Å². The summed E-state index contributed by atoms with van der Waals surface area (Å²) in [6, 6.07) is 1.83. The Morgan fingerprint density at radius 3 is 3.00 bits per heavy atom. The Morgan fingerprint density at radius 1 is 1.33 bits per heavy atom. The fraction of sp³-hybridized carbons (Fsp3) is 0.500. The van der Waals surface area contributed by atoms with Crippen molar-refractivity contribution in [3.63, 3.8) is 0 Å². The van der Waals surface area contributed by atoms with Crippen LogP contribution in [0.2, 0.25) is 0 Å². The van der Waals surface area contributed by atoms with Gasteiger partial charge >= 0.3 is 0 Å². The molecular weight excluding hydrogens is 190 g/mol. The van der Waals surface area contributed by atoms with Gasteiger partial charge in [0.15, 0.2) is 5.65 Å². The minimum absolute atomic E-state index is 0.413. The lowest BCUT2D eigenvalue weighted by molar-refractivity contribution is 0.690. The van der Waals surface area contributed by atoms with Gasteiger partial charge in [-0.2, -0.15) is 14.6 Å². The molecule has 0 amide bonds. The SMILES string of the molecule is CCCCCc1nc(N)n2nccc2n1. The van der Waals surface area contributed by atoms with Crippen LogP contribution in [-0.4, -0.2) is 19.6 Å². The zero-order valence-electron chi connectivity index (χ0n) is 8.85. The summed E-state index contributed by atoms with van der Waals surface area (Å²) in [4.78, 5) is 8.59. The van der Waals surface area contributed by atoms with Crippen LogP contribution in [0, 0.1) is 0 Å². The van der Waals surface area contributed by atoms with Gasteiger partial charge in [0.2, 0.25) is 5.95 Å². The number of hydrogen-bond donors (Lipinski definition) is 1.